The molecule has 5 aromatic rings. The van der Waals surface area contributed by atoms with Gasteiger partial charge in [0.2, 0.25) is 0 Å². The molecule has 0 aliphatic heterocycles. The van der Waals surface area contributed by atoms with Crippen LogP contribution in [0.4, 0.5) is 4.39 Å². The van der Waals surface area contributed by atoms with Crippen molar-refractivity contribution in [1.82, 2.24) is 14.0 Å². The Morgan fingerprint density at radius 2 is 1.83 bits per heavy atom. The zero-order chi connectivity index (χ0) is 29.8. The topological polar surface area (TPSA) is 98.6 Å². The van der Waals surface area contributed by atoms with Crippen LogP contribution in [0.5, 0.6) is 5.75 Å². The summed E-state index contributed by atoms with van der Waals surface area (Å²) in [5, 5.41) is 10.0. The zero-order valence-corrected chi connectivity index (χ0v) is 23.6. The molecule has 1 atom stereocenters. The van der Waals surface area contributed by atoms with E-state index in [-0.39, 0.29) is 31.0 Å². The second-order valence-electron chi connectivity index (χ2n) is 9.68. The van der Waals surface area contributed by atoms with Crippen LogP contribution in [-0.2, 0) is 16.0 Å². The number of carbonyl (C=O) groups is 1. The number of rotatable bonds is 10. The Labute approximate surface area is 246 Å². The third kappa shape index (κ3) is 5.96. The van der Waals surface area contributed by atoms with E-state index < -0.39 is 11.6 Å². The molecule has 212 valence electrons. The van der Waals surface area contributed by atoms with Gasteiger partial charge in [0.15, 0.2) is 5.78 Å². The lowest BCUT2D eigenvalue weighted by Gasteiger charge is -2.21. The Balaban J connectivity index is 1.47. The number of benzene rings is 2. The summed E-state index contributed by atoms with van der Waals surface area (Å²) in [6.45, 7) is 0.251. The summed E-state index contributed by atoms with van der Waals surface area (Å²) in [5.74, 6) is -0.200. The molecule has 0 saturated heterocycles. The van der Waals surface area contributed by atoms with Crippen LogP contribution >= 0.6 is 11.6 Å². The minimum absolute atomic E-state index is 0.0533. The van der Waals surface area contributed by atoms with Crippen molar-refractivity contribution in [1.29, 1.82) is 5.26 Å². The average molecular weight is 585 g/mol. The monoisotopic (exact) mass is 584 g/mol. The molecule has 0 spiro atoms. The summed E-state index contributed by atoms with van der Waals surface area (Å²) < 4.78 is 27.4. The fourth-order valence-electron chi connectivity index (χ4n) is 4.89. The van der Waals surface area contributed by atoms with Crippen LogP contribution in [0.1, 0.15) is 23.6 Å². The van der Waals surface area contributed by atoms with Crippen molar-refractivity contribution < 1.29 is 18.7 Å². The molecule has 0 amide bonds. The number of hydrogen-bond acceptors (Lipinski definition) is 6. The van der Waals surface area contributed by atoms with Crippen LogP contribution in [-0.4, -0.2) is 40.6 Å². The molecular formula is C32H26ClFN4O4. The van der Waals surface area contributed by atoms with E-state index in [0.29, 0.717) is 38.8 Å². The number of hydrogen-bond donors (Lipinski definition) is 0. The number of methoxy groups -OCH3 is 2. The lowest BCUT2D eigenvalue weighted by Crippen LogP contribution is -2.31. The second kappa shape index (κ2) is 12.4. The summed E-state index contributed by atoms with van der Waals surface area (Å²) in [7, 11) is 2.99. The van der Waals surface area contributed by atoms with E-state index in [2.05, 4.69) is 11.1 Å². The molecule has 0 radical (unpaired) electrons. The molecule has 0 aliphatic rings. The Bertz CT molecular complexity index is 1880. The van der Waals surface area contributed by atoms with Gasteiger partial charge in [0.05, 0.1) is 36.7 Å². The van der Waals surface area contributed by atoms with Gasteiger partial charge in [0.25, 0.3) is 5.56 Å². The molecule has 2 aromatic carbocycles. The van der Waals surface area contributed by atoms with Crippen molar-refractivity contribution in [3.8, 4) is 34.2 Å². The largest absolute Gasteiger partial charge is 0.495 e. The van der Waals surface area contributed by atoms with Gasteiger partial charge in [-0.1, -0.05) is 17.7 Å². The predicted molar refractivity (Wildman–Crippen MR) is 157 cm³/mol. The van der Waals surface area contributed by atoms with E-state index in [1.54, 1.807) is 30.3 Å². The van der Waals surface area contributed by atoms with Gasteiger partial charge in [0.1, 0.15) is 17.2 Å². The first-order valence-corrected chi connectivity index (χ1v) is 13.4. The summed E-state index contributed by atoms with van der Waals surface area (Å²) in [6.07, 6.45) is 5.44. The molecule has 3 heterocycles. The van der Waals surface area contributed by atoms with Crippen molar-refractivity contribution in [3.63, 3.8) is 0 Å². The lowest BCUT2D eigenvalue weighted by molar-refractivity contribution is -0.122. The van der Waals surface area contributed by atoms with Gasteiger partial charge in [-0.25, -0.2) is 9.37 Å². The first kappa shape index (κ1) is 28.7. The summed E-state index contributed by atoms with van der Waals surface area (Å²) in [6, 6.07) is 17.1. The van der Waals surface area contributed by atoms with Gasteiger partial charge in [-0.15, -0.1) is 0 Å². The molecular weight excluding hydrogens is 559 g/mol. The molecule has 0 N–H and O–H groups in total. The van der Waals surface area contributed by atoms with Crippen molar-refractivity contribution in [2.24, 2.45) is 0 Å². The lowest BCUT2D eigenvalue weighted by atomic mass is 9.99. The third-order valence-corrected chi connectivity index (χ3v) is 7.22. The molecule has 3 aromatic heterocycles. The number of fused-ring (bicyclic) bond motifs is 1. The fourth-order valence-corrected chi connectivity index (χ4v) is 5.06. The summed E-state index contributed by atoms with van der Waals surface area (Å²) in [5.41, 5.74) is 3.61. The number of aromatic nitrogens is 3. The van der Waals surface area contributed by atoms with E-state index in [4.69, 9.17) is 21.1 Å². The Hall–Kier alpha value is -4.78. The van der Waals surface area contributed by atoms with Crippen LogP contribution in [0.25, 0.3) is 28.0 Å². The maximum absolute atomic E-state index is 13.7. The molecule has 10 heteroatoms. The van der Waals surface area contributed by atoms with E-state index in [9.17, 15) is 19.2 Å². The van der Waals surface area contributed by atoms with Gasteiger partial charge in [-0.2, -0.15) is 5.26 Å². The number of Topliss-reactive ketones (excluding diaryl/α,β-unsaturated/α-hetero) is 1. The highest BCUT2D eigenvalue weighted by molar-refractivity contribution is 6.31. The zero-order valence-electron chi connectivity index (χ0n) is 22.9. The normalized spacial score (nSPS) is 11.8. The van der Waals surface area contributed by atoms with Crippen molar-refractivity contribution in [2.75, 3.05) is 20.8 Å². The standard InChI is InChI=1S/C32H26ClFN4O4/c1-41-12-11-28(38-19-30(42-2)26(15-32(38)40)25-14-23(33)7-4-22(25)16-35)29(39)13-20-3-10-31-36-27(18-37(31)17-20)21-5-8-24(34)9-6-21/h3-10,14-15,17-19,28H,11-13H2,1-2H3. The van der Waals surface area contributed by atoms with Crippen molar-refractivity contribution >= 4 is 23.0 Å². The van der Waals surface area contributed by atoms with Crippen LogP contribution in [0.2, 0.25) is 5.02 Å². The van der Waals surface area contributed by atoms with Crippen molar-refractivity contribution in [3.05, 3.63) is 112 Å². The van der Waals surface area contributed by atoms with E-state index in [0.717, 1.165) is 11.1 Å². The smallest absolute Gasteiger partial charge is 0.252 e. The predicted octanol–water partition coefficient (Wildman–Crippen LogP) is 5.89. The molecule has 1 unspecified atom stereocenters. The number of nitrogens with zero attached hydrogens (tertiary/aromatic N) is 4. The van der Waals surface area contributed by atoms with Gasteiger partial charge >= 0.3 is 0 Å². The van der Waals surface area contributed by atoms with E-state index >= 15 is 0 Å². The van der Waals surface area contributed by atoms with Crippen LogP contribution < -0.4 is 10.3 Å². The highest BCUT2D eigenvalue weighted by Crippen LogP contribution is 2.33. The number of ketones is 1. The summed E-state index contributed by atoms with van der Waals surface area (Å²) in [4.78, 5) is 31.7. The molecule has 0 bridgehead atoms. The molecule has 5 rings (SSSR count). The van der Waals surface area contributed by atoms with Crippen LogP contribution in [0.3, 0.4) is 0 Å². The highest BCUT2D eigenvalue weighted by atomic mass is 35.5. The van der Waals surface area contributed by atoms with E-state index in [1.165, 1.54) is 43.2 Å². The van der Waals surface area contributed by atoms with Gasteiger partial charge in [-0.3, -0.25) is 9.59 Å². The van der Waals surface area contributed by atoms with Crippen LogP contribution in [0, 0.1) is 17.1 Å². The molecule has 8 nitrogen and oxygen atoms in total. The Morgan fingerprint density at radius 3 is 2.55 bits per heavy atom. The maximum Gasteiger partial charge on any atom is 0.252 e. The van der Waals surface area contributed by atoms with Crippen LogP contribution in [0.15, 0.2) is 84.0 Å². The number of pyridine rings is 2. The molecule has 0 fully saturated rings. The minimum Gasteiger partial charge on any atom is -0.495 e. The first-order chi connectivity index (χ1) is 20.3. The average Bonchev–Trinajstić information content (AvgIpc) is 3.41. The maximum atomic E-state index is 13.7. The SMILES string of the molecule is COCCC(C(=O)Cc1ccc2nc(-c3ccc(F)cc3)cn2c1)n1cc(OC)c(-c2cc(Cl)ccc2C#N)cc1=O. The van der Waals surface area contributed by atoms with Crippen molar-refractivity contribution in [2.45, 2.75) is 18.9 Å². The van der Waals surface area contributed by atoms with Gasteiger partial charge in [0, 0.05) is 60.3 Å². The number of halogens is 2. The highest BCUT2D eigenvalue weighted by Gasteiger charge is 2.24. The number of nitriles is 1. The Kier molecular flexibility index (Phi) is 8.48. The Morgan fingerprint density at radius 1 is 1.05 bits per heavy atom. The first-order valence-electron chi connectivity index (χ1n) is 13.1. The summed E-state index contributed by atoms with van der Waals surface area (Å²) >= 11 is 6.18. The van der Waals surface area contributed by atoms with Gasteiger partial charge in [-0.05, 0) is 60.5 Å². The molecule has 0 aliphatic carbocycles. The quantitative estimate of drug-likeness (QED) is 0.203. The third-order valence-electron chi connectivity index (χ3n) is 6.99. The number of carbonyl (C=O) groups excluding carboxylic acids is 1. The fraction of sp³-hybridized carbons (Fsp3) is 0.188. The number of imidazole rings is 1. The second-order valence-corrected chi connectivity index (χ2v) is 10.1. The minimum atomic E-state index is -0.830. The number of ether oxygens (including phenoxy) is 2. The molecule has 0 saturated carbocycles. The van der Waals surface area contributed by atoms with Gasteiger partial charge < -0.3 is 18.4 Å². The molecule has 42 heavy (non-hydrogen) atoms. The van der Waals surface area contributed by atoms with E-state index in [1.807, 2.05) is 28.9 Å².